The largest absolute Gasteiger partial charge is 0.315 e. The second kappa shape index (κ2) is 3.12. The molecule has 0 amide bonds. The normalized spacial score (nSPS) is 14.9. The lowest BCUT2D eigenvalue weighted by Gasteiger charge is -1.97. The molecule has 1 unspecified atom stereocenters. The summed E-state index contributed by atoms with van der Waals surface area (Å²) in [6, 6.07) is 0. The molecular weight excluding hydrogens is 112 g/mol. The Morgan fingerprint density at radius 2 is 2.14 bits per heavy atom. The van der Waals surface area contributed by atoms with E-state index in [4.69, 9.17) is 11.5 Å². The predicted octanol–water partition coefficient (Wildman–Crippen LogP) is -1.39. The molecule has 0 saturated heterocycles. The monoisotopic (exact) mass is 122 g/mol. The second-order valence-electron chi connectivity index (χ2n) is 1.40. The van der Waals surface area contributed by atoms with Crippen LogP contribution in [0.2, 0.25) is 0 Å². The summed E-state index contributed by atoms with van der Waals surface area (Å²) in [5.74, 6) is 0.389. The van der Waals surface area contributed by atoms with Crippen molar-refractivity contribution in [3.8, 4) is 0 Å². The SMILES string of the molecule is CS(=O)CC(N)N. The maximum atomic E-state index is 10.2. The molecular formula is C3H10N2OS. The lowest BCUT2D eigenvalue weighted by atomic mass is 10.7. The molecule has 0 aromatic carbocycles. The van der Waals surface area contributed by atoms with E-state index in [0.29, 0.717) is 5.75 Å². The molecule has 0 spiro atoms. The molecule has 4 N–H and O–H groups in total. The first-order valence-corrected chi connectivity index (χ1v) is 3.67. The lowest BCUT2D eigenvalue weighted by molar-refractivity contribution is 0.678. The van der Waals surface area contributed by atoms with Gasteiger partial charge in [-0.2, -0.15) is 0 Å². The minimum atomic E-state index is -0.846. The van der Waals surface area contributed by atoms with Gasteiger partial charge in [-0.15, -0.1) is 0 Å². The highest BCUT2D eigenvalue weighted by Gasteiger charge is 1.94. The minimum absolute atomic E-state index is 0.389. The highest BCUT2D eigenvalue weighted by atomic mass is 32.2. The van der Waals surface area contributed by atoms with E-state index >= 15 is 0 Å². The predicted molar refractivity (Wildman–Crippen MR) is 31.1 cm³/mol. The third-order valence-corrected chi connectivity index (χ3v) is 1.28. The van der Waals surface area contributed by atoms with Crippen molar-refractivity contribution >= 4 is 10.8 Å². The third kappa shape index (κ3) is 6.07. The average Bonchev–Trinajstić information content (AvgIpc) is 1.27. The van der Waals surface area contributed by atoms with E-state index in [0.717, 1.165) is 0 Å². The fourth-order valence-electron chi connectivity index (χ4n) is 0.271. The van der Waals surface area contributed by atoms with Crippen LogP contribution in [-0.4, -0.2) is 22.4 Å². The van der Waals surface area contributed by atoms with Crippen LogP contribution in [0.5, 0.6) is 0 Å². The summed E-state index contributed by atoms with van der Waals surface area (Å²) in [7, 11) is -0.846. The van der Waals surface area contributed by atoms with Gasteiger partial charge in [-0.1, -0.05) is 0 Å². The van der Waals surface area contributed by atoms with Gasteiger partial charge in [0, 0.05) is 17.1 Å². The van der Waals surface area contributed by atoms with Gasteiger partial charge in [0.25, 0.3) is 0 Å². The molecule has 0 heterocycles. The van der Waals surface area contributed by atoms with E-state index in [1.807, 2.05) is 0 Å². The highest BCUT2D eigenvalue weighted by Crippen LogP contribution is 1.71. The third-order valence-electron chi connectivity index (χ3n) is 0.427. The maximum absolute atomic E-state index is 10.2. The molecule has 0 aliphatic heterocycles. The highest BCUT2D eigenvalue weighted by molar-refractivity contribution is 7.84. The molecule has 0 bridgehead atoms. The molecule has 0 aromatic heterocycles. The van der Waals surface area contributed by atoms with Gasteiger partial charge in [-0.25, -0.2) is 0 Å². The number of rotatable bonds is 2. The number of nitrogens with two attached hydrogens (primary N) is 2. The van der Waals surface area contributed by atoms with E-state index in [1.165, 1.54) is 0 Å². The molecule has 0 saturated carbocycles. The van der Waals surface area contributed by atoms with Crippen LogP contribution < -0.4 is 11.5 Å². The van der Waals surface area contributed by atoms with E-state index in [-0.39, 0.29) is 0 Å². The fraction of sp³-hybridized carbons (Fsp3) is 1.00. The van der Waals surface area contributed by atoms with Crippen molar-refractivity contribution in [1.82, 2.24) is 0 Å². The standard InChI is InChI=1S/C3H10N2OS/c1-7(6)2-3(4)5/h3H,2,4-5H2,1H3. The number of hydrogen-bond acceptors (Lipinski definition) is 3. The average molecular weight is 122 g/mol. The minimum Gasteiger partial charge on any atom is -0.315 e. The molecule has 1 atom stereocenters. The van der Waals surface area contributed by atoms with Crippen molar-refractivity contribution in [1.29, 1.82) is 0 Å². The van der Waals surface area contributed by atoms with Gasteiger partial charge in [0.05, 0.1) is 11.9 Å². The van der Waals surface area contributed by atoms with E-state index < -0.39 is 17.0 Å². The van der Waals surface area contributed by atoms with Crippen LogP contribution in [0.4, 0.5) is 0 Å². The summed E-state index contributed by atoms with van der Waals surface area (Å²) in [6.07, 6.45) is 1.15. The van der Waals surface area contributed by atoms with Crippen LogP contribution in [0.1, 0.15) is 0 Å². The first kappa shape index (κ1) is 7.07. The van der Waals surface area contributed by atoms with Crippen LogP contribution in [0, 0.1) is 0 Å². The van der Waals surface area contributed by atoms with Crippen molar-refractivity contribution in [2.24, 2.45) is 11.5 Å². The topological polar surface area (TPSA) is 69.1 Å². The van der Waals surface area contributed by atoms with E-state index in [2.05, 4.69) is 0 Å². The molecule has 44 valence electrons. The molecule has 0 rings (SSSR count). The summed E-state index contributed by atoms with van der Waals surface area (Å²) >= 11 is 0. The molecule has 4 heteroatoms. The quantitative estimate of drug-likeness (QED) is 0.443. The molecule has 0 aliphatic carbocycles. The Hall–Kier alpha value is 0.0700. The van der Waals surface area contributed by atoms with Gasteiger partial charge in [-0.3, -0.25) is 4.21 Å². The Morgan fingerprint density at radius 3 is 2.14 bits per heavy atom. The van der Waals surface area contributed by atoms with Crippen LogP contribution in [0.15, 0.2) is 0 Å². The Labute approximate surface area is 45.5 Å². The molecule has 0 fully saturated rings. The van der Waals surface area contributed by atoms with E-state index in [1.54, 1.807) is 6.26 Å². The Balaban J connectivity index is 3.13. The molecule has 0 aliphatic rings. The van der Waals surface area contributed by atoms with Crippen molar-refractivity contribution in [2.45, 2.75) is 6.17 Å². The van der Waals surface area contributed by atoms with Gasteiger partial charge in [-0.05, 0) is 0 Å². The van der Waals surface area contributed by atoms with Crippen LogP contribution in [-0.2, 0) is 10.8 Å². The summed E-state index contributed by atoms with van der Waals surface area (Å²) in [4.78, 5) is 0. The second-order valence-corrected chi connectivity index (χ2v) is 2.88. The van der Waals surface area contributed by atoms with Crippen LogP contribution in [0.25, 0.3) is 0 Å². The zero-order valence-electron chi connectivity index (χ0n) is 4.26. The molecule has 0 aromatic rings. The zero-order chi connectivity index (χ0) is 5.86. The Kier molecular flexibility index (Phi) is 3.15. The summed E-state index contributed by atoms with van der Waals surface area (Å²) in [6.45, 7) is 0. The van der Waals surface area contributed by atoms with Gasteiger partial charge in [0.1, 0.15) is 0 Å². The van der Waals surface area contributed by atoms with Gasteiger partial charge < -0.3 is 11.5 Å². The number of hydrogen-bond donors (Lipinski definition) is 2. The van der Waals surface area contributed by atoms with Crippen molar-refractivity contribution < 1.29 is 4.21 Å². The molecule has 0 radical (unpaired) electrons. The molecule has 7 heavy (non-hydrogen) atoms. The summed E-state index contributed by atoms with van der Waals surface area (Å²) < 4.78 is 10.2. The van der Waals surface area contributed by atoms with Crippen molar-refractivity contribution in [3.05, 3.63) is 0 Å². The van der Waals surface area contributed by atoms with Gasteiger partial charge in [0.15, 0.2) is 0 Å². The van der Waals surface area contributed by atoms with Gasteiger partial charge >= 0.3 is 0 Å². The van der Waals surface area contributed by atoms with Gasteiger partial charge in [0.2, 0.25) is 0 Å². The Morgan fingerprint density at radius 1 is 1.71 bits per heavy atom. The first-order chi connectivity index (χ1) is 3.13. The van der Waals surface area contributed by atoms with Crippen LogP contribution >= 0.6 is 0 Å². The van der Waals surface area contributed by atoms with Crippen molar-refractivity contribution in [2.75, 3.05) is 12.0 Å². The summed E-state index contributed by atoms with van der Waals surface area (Å²) in [5, 5.41) is 0. The smallest absolute Gasteiger partial charge is 0.0639 e. The fourth-order valence-corrected chi connectivity index (χ4v) is 0.813. The zero-order valence-corrected chi connectivity index (χ0v) is 5.07. The van der Waals surface area contributed by atoms with E-state index in [9.17, 15) is 4.21 Å². The summed E-state index contributed by atoms with van der Waals surface area (Å²) in [5.41, 5.74) is 10.2. The lowest BCUT2D eigenvalue weighted by Crippen LogP contribution is -2.35. The first-order valence-electron chi connectivity index (χ1n) is 1.94. The maximum Gasteiger partial charge on any atom is 0.0639 e. The van der Waals surface area contributed by atoms with Crippen molar-refractivity contribution in [3.63, 3.8) is 0 Å². The van der Waals surface area contributed by atoms with Crippen LogP contribution in [0.3, 0.4) is 0 Å². The molecule has 3 nitrogen and oxygen atoms in total. The Bertz CT molecular complexity index is 73.3.